The largest absolute Gasteiger partial charge is 0.492 e. The Morgan fingerprint density at radius 3 is 2.38 bits per heavy atom. The molecule has 1 N–H and O–H groups in total. The predicted octanol–water partition coefficient (Wildman–Crippen LogP) is 4.43. The minimum atomic E-state index is -3.68. The van der Waals surface area contributed by atoms with E-state index in [0.29, 0.717) is 35.9 Å². The van der Waals surface area contributed by atoms with Gasteiger partial charge in [-0.3, -0.25) is 4.79 Å². The van der Waals surface area contributed by atoms with E-state index in [1.54, 1.807) is 30.3 Å². The number of ether oxygens (including phenoxy) is 1. The molecule has 0 aliphatic carbocycles. The van der Waals surface area contributed by atoms with Crippen LogP contribution in [-0.4, -0.2) is 38.3 Å². The van der Waals surface area contributed by atoms with E-state index >= 15 is 0 Å². The summed E-state index contributed by atoms with van der Waals surface area (Å²) in [4.78, 5) is 12.6. The molecular formula is C20H22Cl2N2O4S. The zero-order valence-electron chi connectivity index (χ0n) is 15.9. The average Bonchev–Trinajstić information content (AvgIpc) is 2.71. The normalized spacial score (nSPS) is 15.8. The van der Waals surface area contributed by atoms with Gasteiger partial charge in [0, 0.05) is 29.7 Å². The zero-order valence-corrected chi connectivity index (χ0v) is 18.2. The molecule has 0 atom stereocenters. The quantitative estimate of drug-likeness (QED) is 0.697. The third kappa shape index (κ3) is 5.22. The SMILES string of the molecule is CCOc1ccc(S(=O)(=O)N2CCC(C(=O)Nc3ccc(Cl)cc3)CC2)cc1Cl. The molecule has 1 heterocycles. The number of benzene rings is 2. The summed E-state index contributed by atoms with van der Waals surface area (Å²) in [5.74, 6) is 0.0835. The first-order valence-corrected chi connectivity index (χ1v) is 11.5. The van der Waals surface area contributed by atoms with Crippen molar-refractivity contribution in [1.82, 2.24) is 4.31 Å². The molecule has 2 aromatic carbocycles. The van der Waals surface area contributed by atoms with Crippen LogP contribution in [0.3, 0.4) is 0 Å². The van der Waals surface area contributed by atoms with Crippen molar-refractivity contribution in [2.24, 2.45) is 5.92 Å². The highest BCUT2D eigenvalue weighted by Gasteiger charge is 2.32. The molecule has 9 heteroatoms. The van der Waals surface area contributed by atoms with Gasteiger partial charge in [-0.25, -0.2) is 8.42 Å². The fourth-order valence-corrected chi connectivity index (χ4v) is 5.12. The average molecular weight is 457 g/mol. The van der Waals surface area contributed by atoms with Gasteiger partial charge in [0.25, 0.3) is 0 Å². The Balaban J connectivity index is 1.62. The van der Waals surface area contributed by atoms with Crippen LogP contribution >= 0.6 is 23.2 Å². The molecule has 0 saturated carbocycles. The van der Waals surface area contributed by atoms with Crippen LogP contribution in [0.5, 0.6) is 5.75 Å². The molecule has 0 aromatic heterocycles. The molecule has 1 aliphatic heterocycles. The summed E-state index contributed by atoms with van der Waals surface area (Å²) < 4.78 is 32.6. The summed E-state index contributed by atoms with van der Waals surface area (Å²) in [6.07, 6.45) is 0.896. The number of hydrogen-bond donors (Lipinski definition) is 1. The maximum absolute atomic E-state index is 12.9. The first-order valence-electron chi connectivity index (χ1n) is 9.30. The number of rotatable bonds is 6. The van der Waals surface area contributed by atoms with Gasteiger partial charge < -0.3 is 10.1 Å². The molecule has 0 unspecified atom stereocenters. The van der Waals surface area contributed by atoms with Crippen molar-refractivity contribution < 1.29 is 17.9 Å². The lowest BCUT2D eigenvalue weighted by Crippen LogP contribution is -2.41. The highest BCUT2D eigenvalue weighted by Crippen LogP contribution is 2.30. The predicted molar refractivity (Wildman–Crippen MR) is 114 cm³/mol. The maximum atomic E-state index is 12.9. The molecule has 156 valence electrons. The fourth-order valence-electron chi connectivity index (χ4n) is 3.20. The number of nitrogens with zero attached hydrogens (tertiary/aromatic N) is 1. The van der Waals surface area contributed by atoms with Crippen LogP contribution in [0.1, 0.15) is 19.8 Å². The summed E-state index contributed by atoms with van der Waals surface area (Å²) in [5, 5.41) is 3.70. The zero-order chi connectivity index (χ0) is 21.0. The maximum Gasteiger partial charge on any atom is 0.243 e. The van der Waals surface area contributed by atoms with Crippen molar-refractivity contribution in [3.63, 3.8) is 0 Å². The van der Waals surface area contributed by atoms with Crippen molar-refractivity contribution in [3.05, 3.63) is 52.5 Å². The second kappa shape index (κ2) is 9.34. The summed E-state index contributed by atoms with van der Waals surface area (Å²) in [7, 11) is -3.68. The van der Waals surface area contributed by atoms with Gasteiger partial charge in [0.1, 0.15) is 5.75 Å². The van der Waals surface area contributed by atoms with E-state index in [1.165, 1.54) is 16.4 Å². The summed E-state index contributed by atoms with van der Waals surface area (Å²) in [5.41, 5.74) is 0.665. The second-order valence-corrected chi connectivity index (χ2v) is 9.48. The number of hydrogen-bond acceptors (Lipinski definition) is 4. The van der Waals surface area contributed by atoms with E-state index < -0.39 is 10.0 Å². The van der Waals surface area contributed by atoms with Gasteiger partial charge in [-0.05, 0) is 62.2 Å². The van der Waals surface area contributed by atoms with Gasteiger partial charge in [0.2, 0.25) is 15.9 Å². The van der Waals surface area contributed by atoms with Gasteiger partial charge in [-0.1, -0.05) is 23.2 Å². The number of carbonyl (C=O) groups is 1. The molecule has 0 bridgehead atoms. The number of piperidine rings is 1. The summed E-state index contributed by atoms with van der Waals surface area (Å²) in [6.45, 7) is 2.81. The molecule has 1 saturated heterocycles. The molecule has 0 radical (unpaired) electrons. The van der Waals surface area contributed by atoms with E-state index in [1.807, 2.05) is 6.92 Å². The van der Waals surface area contributed by atoms with Crippen molar-refractivity contribution >= 4 is 44.8 Å². The molecule has 1 fully saturated rings. The van der Waals surface area contributed by atoms with E-state index in [9.17, 15) is 13.2 Å². The number of anilines is 1. The van der Waals surface area contributed by atoms with Crippen LogP contribution < -0.4 is 10.1 Å². The third-order valence-electron chi connectivity index (χ3n) is 4.78. The van der Waals surface area contributed by atoms with E-state index in [2.05, 4.69) is 5.32 Å². The molecule has 2 aromatic rings. The number of carbonyl (C=O) groups excluding carboxylic acids is 1. The van der Waals surface area contributed by atoms with Crippen molar-refractivity contribution in [1.29, 1.82) is 0 Å². The van der Waals surface area contributed by atoms with Crippen molar-refractivity contribution in [3.8, 4) is 5.75 Å². The van der Waals surface area contributed by atoms with Crippen molar-refractivity contribution in [2.75, 3.05) is 25.0 Å². The van der Waals surface area contributed by atoms with Crippen molar-refractivity contribution in [2.45, 2.75) is 24.7 Å². The monoisotopic (exact) mass is 456 g/mol. The van der Waals surface area contributed by atoms with Crippen LogP contribution in [-0.2, 0) is 14.8 Å². The van der Waals surface area contributed by atoms with E-state index in [4.69, 9.17) is 27.9 Å². The highest BCUT2D eigenvalue weighted by atomic mass is 35.5. The Hall–Kier alpha value is -1.80. The Labute approximate surface area is 180 Å². The molecule has 6 nitrogen and oxygen atoms in total. The summed E-state index contributed by atoms with van der Waals surface area (Å²) in [6, 6.07) is 11.3. The standard InChI is InChI=1S/C20H22Cl2N2O4S/c1-2-28-19-8-7-17(13-18(19)22)29(26,27)24-11-9-14(10-12-24)20(25)23-16-5-3-15(21)4-6-16/h3-8,13-14H,2,9-12H2,1H3,(H,23,25). The lowest BCUT2D eigenvalue weighted by Gasteiger charge is -2.30. The number of nitrogens with one attached hydrogen (secondary N) is 1. The lowest BCUT2D eigenvalue weighted by atomic mass is 9.97. The topological polar surface area (TPSA) is 75.7 Å². The minimum absolute atomic E-state index is 0.117. The van der Waals surface area contributed by atoms with Gasteiger partial charge >= 0.3 is 0 Å². The first kappa shape index (κ1) is 21.9. The fraction of sp³-hybridized carbons (Fsp3) is 0.350. The molecule has 1 amide bonds. The Morgan fingerprint density at radius 1 is 1.14 bits per heavy atom. The van der Waals surface area contributed by atoms with Gasteiger partial charge in [0.05, 0.1) is 16.5 Å². The van der Waals surface area contributed by atoms with Crippen LogP contribution in [0, 0.1) is 5.92 Å². The smallest absolute Gasteiger partial charge is 0.243 e. The third-order valence-corrected chi connectivity index (χ3v) is 7.22. The molecule has 29 heavy (non-hydrogen) atoms. The Morgan fingerprint density at radius 2 is 1.79 bits per heavy atom. The molecule has 0 spiro atoms. The molecule has 1 aliphatic rings. The van der Waals surface area contributed by atoms with Crippen LogP contribution in [0.15, 0.2) is 47.4 Å². The van der Waals surface area contributed by atoms with Crippen LogP contribution in [0.25, 0.3) is 0 Å². The van der Waals surface area contributed by atoms with Crippen LogP contribution in [0.4, 0.5) is 5.69 Å². The van der Waals surface area contributed by atoms with E-state index in [0.717, 1.165) is 0 Å². The van der Waals surface area contributed by atoms with Gasteiger partial charge in [-0.2, -0.15) is 4.31 Å². The van der Waals surface area contributed by atoms with Gasteiger partial charge in [-0.15, -0.1) is 0 Å². The number of amides is 1. The Kier molecular flexibility index (Phi) is 7.05. The summed E-state index contributed by atoms with van der Waals surface area (Å²) >= 11 is 12.0. The second-order valence-electron chi connectivity index (χ2n) is 6.70. The molecular weight excluding hydrogens is 435 g/mol. The lowest BCUT2D eigenvalue weighted by molar-refractivity contribution is -0.120. The molecule has 3 rings (SSSR count). The van der Waals surface area contributed by atoms with Gasteiger partial charge in [0.15, 0.2) is 0 Å². The highest BCUT2D eigenvalue weighted by molar-refractivity contribution is 7.89. The number of sulfonamides is 1. The van der Waals surface area contributed by atoms with Crippen LogP contribution in [0.2, 0.25) is 10.0 Å². The Bertz CT molecular complexity index is 972. The minimum Gasteiger partial charge on any atom is -0.492 e. The van der Waals surface area contributed by atoms with E-state index in [-0.39, 0.29) is 34.8 Å². The first-order chi connectivity index (χ1) is 13.8. The number of halogens is 2.